The summed E-state index contributed by atoms with van der Waals surface area (Å²) in [6.07, 6.45) is 5.07. The summed E-state index contributed by atoms with van der Waals surface area (Å²) in [7, 11) is 0. The first kappa shape index (κ1) is 22.2. The fourth-order valence-electron chi connectivity index (χ4n) is 3.46. The number of nitrogens with zero attached hydrogens (tertiary/aromatic N) is 3. The Labute approximate surface area is 161 Å². The van der Waals surface area contributed by atoms with Gasteiger partial charge in [0.25, 0.3) is 5.91 Å². The number of ether oxygens (including phenoxy) is 1. The molecule has 0 aromatic carbocycles. The molecule has 1 aromatic heterocycles. The summed E-state index contributed by atoms with van der Waals surface area (Å²) < 4.78 is 7.62. The number of rotatable bonds is 5. The predicted octanol–water partition coefficient (Wildman–Crippen LogP) is 1.83. The van der Waals surface area contributed by atoms with Gasteiger partial charge in [-0.15, -0.1) is 24.8 Å². The van der Waals surface area contributed by atoms with Gasteiger partial charge in [-0.2, -0.15) is 5.10 Å². The molecule has 0 radical (unpaired) electrons. The number of hydrogen-bond acceptors (Lipinski definition) is 5. The van der Waals surface area contributed by atoms with Gasteiger partial charge in [0.1, 0.15) is 11.9 Å². The number of aromatic nitrogens is 2. The molecule has 0 unspecified atom stereocenters. The van der Waals surface area contributed by atoms with E-state index in [1.54, 1.807) is 6.20 Å². The average molecular weight is 394 g/mol. The lowest BCUT2D eigenvalue weighted by Gasteiger charge is -2.31. The van der Waals surface area contributed by atoms with Crippen molar-refractivity contribution in [1.82, 2.24) is 14.7 Å². The van der Waals surface area contributed by atoms with Crippen molar-refractivity contribution in [3.8, 4) is 0 Å². The molecule has 3 rings (SSSR count). The molecule has 1 aromatic rings. The highest BCUT2D eigenvalue weighted by molar-refractivity contribution is 5.93. The molecule has 2 fully saturated rings. The molecule has 0 saturated carbocycles. The Balaban J connectivity index is 0.00000156. The van der Waals surface area contributed by atoms with Gasteiger partial charge in [-0.25, -0.2) is 4.68 Å². The van der Waals surface area contributed by atoms with E-state index in [2.05, 4.69) is 22.2 Å². The van der Waals surface area contributed by atoms with Crippen LogP contribution in [0.5, 0.6) is 0 Å². The molecule has 3 heterocycles. The standard InChI is InChI=1S/C16H27N5O2.2ClH/c1-2-20-9-6-12(7-10-20)21-15(5-8-18-21)19-16(22)14-4-3-13(11-17)23-14;;/h5,8,12-14H,2-4,6-7,9-11,17H2,1H3,(H,19,22);2*1H/t13-,14+;;/m1../s1. The summed E-state index contributed by atoms with van der Waals surface area (Å²) in [5, 5.41) is 7.41. The first-order valence-corrected chi connectivity index (χ1v) is 8.63. The van der Waals surface area contributed by atoms with Gasteiger partial charge in [-0.3, -0.25) is 4.79 Å². The lowest BCUT2D eigenvalue weighted by molar-refractivity contribution is -0.126. The molecule has 144 valence electrons. The van der Waals surface area contributed by atoms with E-state index in [-0.39, 0.29) is 36.8 Å². The third kappa shape index (κ3) is 5.31. The van der Waals surface area contributed by atoms with Crippen LogP contribution in [0.15, 0.2) is 12.3 Å². The number of likely N-dealkylation sites (tertiary alicyclic amines) is 1. The average Bonchev–Trinajstić information content (AvgIpc) is 3.24. The molecular formula is C16H29Cl2N5O2. The fourth-order valence-corrected chi connectivity index (χ4v) is 3.46. The van der Waals surface area contributed by atoms with Crippen molar-refractivity contribution in [2.24, 2.45) is 5.73 Å². The normalized spacial score (nSPS) is 24.4. The highest BCUT2D eigenvalue weighted by Crippen LogP contribution is 2.26. The lowest BCUT2D eigenvalue weighted by Crippen LogP contribution is -2.35. The quantitative estimate of drug-likeness (QED) is 0.796. The van der Waals surface area contributed by atoms with E-state index in [9.17, 15) is 4.79 Å². The summed E-state index contributed by atoms with van der Waals surface area (Å²) in [6, 6.07) is 2.21. The third-order valence-corrected chi connectivity index (χ3v) is 4.93. The maximum absolute atomic E-state index is 12.4. The van der Waals surface area contributed by atoms with Crippen LogP contribution in [0.2, 0.25) is 0 Å². The van der Waals surface area contributed by atoms with Crippen molar-refractivity contribution in [2.45, 2.75) is 50.9 Å². The Hall–Kier alpha value is -0.860. The number of anilines is 1. The molecule has 2 aliphatic heterocycles. The number of hydrogen-bond donors (Lipinski definition) is 2. The van der Waals surface area contributed by atoms with E-state index in [0.29, 0.717) is 12.6 Å². The SMILES string of the molecule is CCN1CCC(n2nccc2NC(=O)[C@@H]2CC[C@H](CN)O2)CC1.Cl.Cl. The second-order valence-electron chi connectivity index (χ2n) is 6.38. The largest absolute Gasteiger partial charge is 0.364 e. The lowest BCUT2D eigenvalue weighted by atomic mass is 10.1. The highest BCUT2D eigenvalue weighted by Gasteiger charge is 2.31. The minimum absolute atomic E-state index is 0. The van der Waals surface area contributed by atoms with E-state index < -0.39 is 6.10 Å². The zero-order valence-electron chi connectivity index (χ0n) is 14.6. The van der Waals surface area contributed by atoms with Gasteiger partial charge < -0.3 is 20.7 Å². The molecule has 0 aliphatic carbocycles. The number of nitrogens with two attached hydrogens (primary N) is 1. The zero-order valence-corrected chi connectivity index (χ0v) is 16.2. The van der Waals surface area contributed by atoms with E-state index in [1.807, 2.05) is 10.7 Å². The number of carbonyl (C=O) groups is 1. The smallest absolute Gasteiger partial charge is 0.254 e. The van der Waals surface area contributed by atoms with Gasteiger partial charge in [-0.1, -0.05) is 6.92 Å². The van der Waals surface area contributed by atoms with Gasteiger partial charge in [0.05, 0.1) is 18.3 Å². The van der Waals surface area contributed by atoms with Crippen LogP contribution in [0.1, 0.15) is 38.6 Å². The van der Waals surface area contributed by atoms with Crippen LogP contribution < -0.4 is 11.1 Å². The second-order valence-corrected chi connectivity index (χ2v) is 6.38. The summed E-state index contributed by atoms with van der Waals surface area (Å²) in [5.74, 6) is 0.679. The zero-order chi connectivity index (χ0) is 16.2. The highest BCUT2D eigenvalue weighted by atomic mass is 35.5. The minimum atomic E-state index is -0.395. The Kier molecular flexibility index (Phi) is 9.16. The van der Waals surface area contributed by atoms with Crippen LogP contribution in [0.3, 0.4) is 0 Å². The van der Waals surface area contributed by atoms with Crippen molar-refractivity contribution >= 4 is 36.5 Å². The number of nitrogens with one attached hydrogen (secondary N) is 1. The van der Waals surface area contributed by atoms with Crippen LogP contribution in [-0.4, -0.2) is 59.0 Å². The summed E-state index contributed by atoms with van der Waals surface area (Å²) >= 11 is 0. The first-order chi connectivity index (χ1) is 11.2. The Bertz CT molecular complexity index is 534. The van der Waals surface area contributed by atoms with Gasteiger partial charge in [0, 0.05) is 25.7 Å². The predicted molar refractivity (Wildman–Crippen MR) is 103 cm³/mol. The van der Waals surface area contributed by atoms with Crippen LogP contribution >= 0.6 is 24.8 Å². The topological polar surface area (TPSA) is 85.4 Å². The summed E-state index contributed by atoms with van der Waals surface area (Å²) in [4.78, 5) is 14.8. The summed E-state index contributed by atoms with van der Waals surface area (Å²) in [6.45, 7) is 5.92. The Morgan fingerprint density at radius 3 is 2.64 bits per heavy atom. The van der Waals surface area contributed by atoms with Gasteiger partial charge in [0.15, 0.2) is 0 Å². The van der Waals surface area contributed by atoms with Crippen LogP contribution in [0, 0.1) is 0 Å². The van der Waals surface area contributed by atoms with Crippen molar-refractivity contribution < 1.29 is 9.53 Å². The molecule has 1 amide bonds. The molecule has 25 heavy (non-hydrogen) atoms. The van der Waals surface area contributed by atoms with Crippen molar-refractivity contribution in [3.05, 3.63) is 12.3 Å². The summed E-state index contributed by atoms with van der Waals surface area (Å²) in [5.41, 5.74) is 5.60. The van der Waals surface area contributed by atoms with E-state index >= 15 is 0 Å². The van der Waals surface area contributed by atoms with E-state index in [1.165, 1.54) is 0 Å². The number of amides is 1. The minimum Gasteiger partial charge on any atom is -0.364 e. The van der Waals surface area contributed by atoms with Crippen LogP contribution in [0.4, 0.5) is 5.82 Å². The fraction of sp³-hybridized carbons (Fsp3) is 0.750. The Morgan fingerprint density at radius 2 is 2.04 bits per heavy atom. The first-order valence-electron chi connectivity index (χ1n) is 8.63. The van der Waals surface area contributed by atoms with Crippen molar-refractivity contribution in [2.75, 3.05) is 31.5 Å². The van der Waals surface area contributed by atoms with Gasteiger partial charge in [-0.05, 0) is 32.2 Å². The van der Waals surface area contributed by atoms with Gasteiger partial charge >= 0.3 is 0 Å². The van der Waals surface area contributed by atoms with E-state index in [0.717, 1.165) is 51.1 Å². The maximum Gasteiger partial charge on any atom is 0.254 e. The third-order valence-electron chi connectivity index (χ3n) is 4.93. The molecule has 0 spiro atoms. The van der Waals surface area contributed by atoms with Crippen LogP contribution in [0.25, 0.3) is 0 Å². The molecule has 3 N–H and O–H groups in total. The second kappa shape index (κ2) is 10.3. The molecule has 2 saturated heterocycles. The number of carbonyl (C=O) groups excluding carboxylic acids is 1. The Morgan fingerprint density at radius 1 is 1.32 bits per heavy atom. The van der Waals surface area contributed by atoms with Crippen LogP contribution in [-0.2, 0) is 9.53 Å². The maximum atomic E-state index is 12.4. The van der Waals surface area contributed by atoms with E-state index in [4.69, 9.17) is 10.5 Å². The molecule has 2 aliphatic rings. The molecule has 7 nitrogen and oxygen atoms in total. The molecule has 0 bridgehead atoms. The number of piperidine rings is 1. The molecule has 2 atom stereocenters. The number of halogens is 2. The van der Waals surface area contributed by atoms with Crippen molar-refractivity contribution in [1.29, 1.82) is 0 Å². The van der Waals surface area contributed by atoms with Gasteiger partial charge in [0.2, 0.25) is 0 Å². The molecular weight excluding hydrogens is 365 g/mol. The molecule has 9 heteroatoms. The van der Waals surface area contributed by atoms with Crippen molar-refractivity contribution in [3.63, 3.8) is 0 Å². The monoisotopic (exact) mass is 393 g/mol.